The third kappa shape index (κ3) is 3.17. The second-order valence-electron chi connectivity index (χ2n) is 5.13. The predicted molar refractivity (Wildman–Crippen MR) is 81.3 cm³/mol. The van der Waals surface area contributed by atoms with Crippen LogP contribution in [-0.2, 0) is 11.9 Å². The van der Waals surface area contributed by atoms with Crippen molar-refractivity contribution in [1.29, 1.82) is 0 Å². The number of fused-ring (bicyclic) bond motifs is 1. The zero-order valence-electron chi connectivity index (χ0n) is 12.4. The van der Waals surface area contributed by atoms with Crippen molar-refractivity contribution in [2.75, 3.05) is 0 Å². The van der Waals surface area contributed by atoms with Crippen LogP contribution in [0.2, 0.25) is 0 Å². The minimum Gasteiger partial charge on any atom is -0.258 e. The molecule has 120 valence electrons. The van der Waals surface area contributed by atoms with Crippen LogP contribution in [0, 0.1) is 13.8 Å². The lowest BCUT2D eigenvalue weighted by molar-refractivity contribution is -0.137. The van der Waals surface area contributed by atoms with E-state index in [-0.39, 0.29) is 0 Å². The fourth-order valence-corrected chi connectivity index (χ4v) is 3.06. The largest absolute Gasteiger partial charge is 0.416 e. The number of rotatable bonds is 3. The first-order valence-electron chi connectivity index (χ1n) is 6.82. The highest BCUT2D eigenvalue weighted by molar-refractivity contribution is 7.98. The summed E-state index contributed by atoms with van der Waals surface area (Å²) in [4.78, 5) is 4.19. The van der Waals surface area contributed by atoms with Crippen molar-refractivity contribution >= 4 is 17.5 Å². The van der Waals surface area contributed by atoms with Gasteiger partial charge < -0.3 is 0 Å². The molecule has 0 aliphatic rings. The minimum atomic E-state index is -4.33. The molecule has 0 aliphatic heterocycles. The topological polar surface area (TPSA) is 43.1 Å². The first-order chi connectivity index (χ1) is 10.9. The smallest absolute Gasteiger partial charge is 0.258 e. The molecule has 2 aromatic heterocycles. The van der Waals surface area contributed by atoms with Crippen LogP contribution in [-0.4, -0.2) is 19.6 Å². The number of aryl methyl sites for hydroxylation is 2. The third-order valence-corrected chi connectivity index (χ3v) is 4.52. The highest BCUT2D eigenvalue weighted by atomic mass is 32.2. The van der Waals surface area contributed by atoms with E-state index >= 15 is 0 Å². The Kier molecular flexibility index (Phi) is 4.01. The normalized spacial score (nSPS) is 12.0. The average molecular weight is 338 g/mol. The molecular formula is C15H13F3N4S. The molecule has 0 fully saturated rings. The fraction of sp³-hybridized carbons (Fsp3) is 0.267. The van der Waals surface area contributed by atoms with Gasteiger partial charge >= 0.3 is 6.18 Å². The van der Waals surface area contributed by atoms with E-state index in [0.29, 0.717) is 22.3 Å². The summed E-state index contributed by atoms with van der Waals surface area (Å²) in [5, 5.41) is 8.68. The number of hydrogen-bond acceptors (Lipinski definition) is 4. The average Bonchev–Trinajstić information content (AvgIpc) is 2.92. The molecule has 3 rings (SSSR count). The van der Waals surface area contributed by atoms with Crippen molar-refractivity contribution in [3.05, 3.63) is 52.8 Å². The number of nitrogens with zero attached hydrogens (tertiary/aromatic N) is 4. The summed E-state index contributed by atoms with van der Waals surface area (Å²) in [6, 6.07) is 5.31. The maximum atomic E-state index is 12.7. The number of alkyl halides is 3. The molecule has 0 saturated carbocycles. The van der Waals surface area contributed by atoms with Gasteiger partial charge in [0.15, 0.2) is 5.16 Å². The molecule has 0 N–H and O–H groups in total. The highest BCUT2D eigenvalue weighted by Gasteiger charge is 2.30. The lowest BCUT2D eigenvalue weighted by Gasteiger charge is -2.09. The van der Waals surface area contributed by atoms with Crippen molar-refractivity contribution in [3.63, 3.8) is 0 Å². The Bertz CT molecular complexity index is 858. The molecule has 8 heteroatoms. The number of hydrogen-bond donors (Lipinski definition) is 0. The molecule has 0 amide bonds. The fourth-order valence-electron chi connectivity index (χ4n) is 2.14. The van der Waals surface area contributed by atoms with E-state index in [0.717, 1.165) is 23.4 Å². The molecule has 0 aliphatic carbocycles. The zero-order valence-corrected chi connectivity index (χ0v) is 13.2. The van der Waals surface area contributed by atoms with Crippen molar-refractivity contribution < 1.29 is 13.2 Å². The van der Waals surface area contributed by atoms with Gasteiger partial charge in [-0.25, -0.2) is 4.98 Å². The molecule has 4 nitrogen and oxygen atoms in total. The number of benzene rings is 1. The molecule has 0 saturated heterocycles. The quantitative estimate of drug-likeness (QED) is 0.676. The zero-order chi connectivity index (χ0) is 16.6. The second-order valence-corrected chi connectivity index (χ2v) is 6.07. The van der Waals surface area contributed by atoms with E-state index in [4.69, 9.17) is 0 Å². The van der Waals surface area contributed by atoms with Crippen LogP contribution in [0.4, 0.5) is 13.2 Å². The molecular weight excluding hydrogens is 325 g/mol. The molecule has 0 bridgehead atoms. The van der Waals surface area contributed by atoms with Gasteiger partial charge in [0, 0.05) is 17.6 Å². The van der Waals surface area contributed by atoms with E-state index in [1.54, 1.807) is 12.3 Å². The molecule has 0 atom stereocenters. The number of aromatic nitrogens is 4. The molecule has 3 aromatic rings. The van der Waals surface area contributed by atoms with Gasteiger partial charge in [0.1, 0.15) is 0 Å². The summed E-state index contributed by atoms with van der Waals surface area (Å²) < 4.78 is 40.0. The molecule has 23 heavy (non-hydrogen) atoms. The Hall–Kier alpha value is -2.09. The van der Waals surface area contributed by atoms with E-state index < -0.39 is 11.7 Å². The Morgan fingerprint density at radius 3 is 2.70 bits per heavy atom. The maximum absolute atomic E-state index is 12.7. The van der Waals surface area contributed by atoms with Crippen molar-refractivity contribution in [2.24, 2.45) is 0 Å². The summed E-state index contributed by atoms with van der Waals surface area (Å²) in [6.07, 6.45) is -2.61. The van der Waals surface area contributed by atoms with Gasteiger partial charge in [-0.1, -0.05) is 30.0 Å². The Morgan fingerprint density at radius 1 is 1.17 bits per heavy atom. The van der Waals surface area contributed by atoms with Crippen LogP contribution in [0.25, 0.3) is 5.78 Å². The van der Waals surface area contributed by atoms with Crippen LogP contribution < -0.4 is 0 Å². The summed E-state index contributed by atoms with van der Waals surface area (Å²) in [7, 11) is 0. The minimum absolute atomic E-state index is 0.373. The van der Waals surface area contributed by atoms with Gasteiger partial charge in [-0.15, -0.1) is 10.2 Å². The Morgan fingerprint density at radius 2 is 1.96 bits per heavy atom. The lowest BCUT2D eigenvalue weighted by Crippen LogP contribution is -2.05. The van der Waals surface area contributed by atoms with E-state index in [1.807, 2.05) is 18.2 Å². The summed E-state index contributed by atoms with van der Waals surface area (Å²) in [5.41, 5.74) is 1.90. The molecule has 0 radical (unpaired) electrons. The van der Waals surface area contributed by atoms with E-state index in [9.17, 15) is 13.2 Å². The van der Waals surface area contributed by atoms with Crippen LogP contribution in [0.1, 0.15) is 22.4 Å². The molecule has 0 spiro atoms. The maximum Gasteiger partial charge on any atom is 0.416 e. The number of halogens is 3. The Labute approximate surface area is 134 Å². The van der Waals surface area contributed by atoms with Crippen LogP contribution in [0.3, 0.4) is 0 Å². The summed E-state index contributed by atoms with van der Waals surface area (Å²) in [5.74, 6) is 0.859. The van der Waals surface area contributed by atoms with Crippen LogP contribution >= 0.6 is 11.8 Å². The molecule has 1 aromatic carbocycles. The number of thioether (sulfide) groups is 1. The Balaban J connectivity index is 1.86. The summed E-state index contributed by atoms with van der Waals surface area (Å²) in [6.45, 7) is 3.87. The van der Waals surface area contributed by atoms with Crippen molar-refractivity contribution in [2.45, 2.75) is 30.9 Å². The van der Waals surface area contributed by atoms with Gasteiger partial charge in [-0.05, 0) is 31.0 Å². The van der Waals surface area contributed by atoms with Gasteiger partial charge in [-0.3, -0.25) is 4.40 Å². The van der Waals surface area contributed by atoms with Gasteiger partial charge in [0.05, 0.1) is 5.56 Å². The third-order valence-electron chi connectivity index (χ3n) is 3.52. The molecule has 0 unspecified atom stereocenters. The van der Waals surface area contributed by atoms with Crippen LogP contribution in [0.5, 0.6) is 0 Å². The first-order valence-corrected chi connectivity index (χ1v) is 7.81. The standard InChI is InChI=1S/C15H13F3N4S/c1-9-7-19-13-20-21-14(22(13)10(9)2)23-8-11-4-3-5-12(6-11)15(16,17)18/h3-7H,8H2,1-2H3. The highest BCUT2D eigenvalue weighted by Crippen LogP contribution is 2.31. The van der Waals surface area contributed by atoms with Crippen molar-refractivity contribution in [1.82, 2.24) is 19.6 Å². The van der Waals surface area contributed by atoms with E-state index in [2.05, 4.69) is 15.2 Å². The van der Waals surface area contributed by atoms with Crippen LogP contribution in [0.15, 0.2) is 35.6 Å². The second kappa shape index (κ2) is 5.84. The van der Waals surface area contributed by atoms with Crippen molar-refractivity contribution in [3.8, 4) is 0 Å². The first kappa shape index (κ1) is 15.8. The van der Waals surface area contributed by atoms with E-state index in [1.165, 1.54) is 17.8 Å². The monoisotopic (exact) mass is 338 g/mol. The predicted octanol–water partition coefficient (Wildman–Crippen LogP) is 4.05. The van der Waals surface area contributed by atoms with Gasteiger partial charge in [0.2, 0.25) is 0 Å². The molecule has 2 heterocycles. The van der Waals surface area contributed by atoms with Gasteiger partial charge in [-0.2, -0.15) is 13.2 Å². The summed E-state index contributed by atoms with van der Waals surface area (Å²) >= 11 is 1.33. The SMILES string of the molecule is Cc1cnc2nnc(SCc3cccc(C(F)(F)F)c3)n2c1C. The lowest BCUT2D eigenvalue weighted by atomic mass is 10.1. The van der Waals surface area contributed by atoms with Gasteiger partial charge in [0.25, 0.3) is 5.78 Å².